The number of hydrogen-bond acceptors (Lipinski definition) is 3. The van der Waals surface area contributed by atoms with Gasteiger partial charge in [-0.3, -0.25) is 5.43 Å². The van der Waals surface area contributed by atoms with Gasteiger partial charge < -0.3 is 4.74 Å². The molecule has 1 unspecified atom stereocenters. The van der Waals surface area contributed by atoms with Gasteiger partial charge in [0.25, 0.3) is 0 Å². The Bertz CT molecular complexity index is 97.6. The monoisotopic (exact) mass is 144 g/mol. The second kappa shape index (κ2) is 3.91. The number of nitrogens with zero attached hydrogens (tertiary/aromatic N) is 1. The van der Waals surface area contributed by atoms with Crippen LogP contribution in [-0.2, 0) is 4.74 Å². The molecule has 0 saturated carbocycles. The van der Waals surface area contributed by atoms with Crippen molar-refractivity contribution in [3.8, 4) is 0 Å². The summed E-state index contributed by atoms with van der Waals surface area (Å²) < 4.78 is 5.45. The van der Waals surface area contributed by atoms with E-state index in [1.54, 1.807) is 0 Å². The third-order valence-corrected chi connectivity index (χ3v) is 1.89. The zero-order valence-electron chi connectivity index (χ0n) is 6.76. The first kappa shape index (κ1) is 7.98. The van der Waals surface area contributed by atoms with Gasteiger partial charge in [0.15, 0.2) is 0 Å². The van der Waals surface area contributed by atoms with Crippen molar-refractivity contribution >= 4 is 0 Å². The van der Waals surface area contributed by atoms with Crippen molar-refractivity contribution in [3.05, 3.63) is 0 Å². The molecule has 1 rings (SSSR count). The Kier molecular flexibility index (Phi) is 3.12. The van der Waals surface area contributed by atoms with Crippen LogP contribution in [0.4, 0.5) is 0 Å². The van der Waals surface area contributed by atoms with Crippen molar-refractivity contribution in [2.24, 2.45) is 0 Å². The first-order valence-electron chi connectivity index (χ1n) is 3.87. The van der Waals surface area contributed by atoms with Gasteiger partial charge in [0, 0.05) is 13.1 Å². The Morgan fingerprint density at radius 1 is 1.50 bits per heavy atom. The Morgan fingerprint density at radius 3 is 3.00 bits per heavy atom. The largest absolute Gasteiger partial charge is 0.377 e. The summed E-state index contributed by atoms with van der Waals surface area (Å²) in [6, 6.07) is 0. The Labute approximate surface area is 62.3 Å². The van der Waals surface area contributed by atoms with Crippen LogP contribution in [0.2, 0.25) is 0 Å². The molecular weight excluding hydrogens is 128 g/mol. The molecule has 1 aliphatic rings. The summed E-state index contributed by atoms with van der Waals surface area (Å²) >= 11 is 0. The molecule has 0 radical (unpaired) electrons. The average Bonchev–Trinajstić information content (AvgIpc) is 2.14. The fraction of sp³-hybridized carbons (Fsp3) is 1.00. The number of hydrazine groups is 1. The molecule has 3 heteroatoms. The van der Waals surface area contributed by atoms with E-state index in [1.807, 2.05) is 7.05 Å². The van der Waals surface area contributed by atoms with Gasteiger partial charge in [-0.25, -0.2) is 5.01 Å². The fourth-order valence-electron chi connectivity index (χ4n) is 1.12. The number of ether oxygens (including phenoxy) is 1. The molecule has 10 heavy (non-hydrogen) atoms. The maximum absolute atomic E-state index is 5.45. The maximum Gasteiger partial charge on any atom is 0.0611 e. The highest BCUT2D eigenvalue weighted by atomic mass is 16.5. The molecule has 1 heterocycles. The maximum atomic E-state index is 5.45. The van der Waals surface area contributed by atoms with Gasteiger partial charge in [0.05, 0.1) is 12.7 Å². The highest BCUT2D eigenvalue weighted by molar-refractivity contribution is 4.60. The van der Waals surface area contributed by atoms with Crippen molar-refractivity contribution < 1.29 is 4.74 Å². The van der Waals surface area contributed by atoms with Crippen LogP contribution >= 0.6 is 0 Å². The predicted octanol–water partition coefficient (Wildman–Crippen LogP) is 0.232. The first-order valence-corrected chi connectivity index (χ1v) is 3.87. The van der Waals surface area contributed by atoms with E-state index in [4.69, 9.17) is 4.74 Å². The predicted molar refractivity (Wildman–Crippen MR) is 40.7 cm³/mol. The van der Waals surface area contributed by atoms with Crippen molar-refractivity contribution in [2.75, 3.05) is 26.7 Å². The lowest BCUT2D eigenvalue weighted by atomic mass is 10.3. The lowest BCUT2D eigenvalue weighted by molar-refractivity contribution is 0.0731. The van der Waals surface area contributed by atoms with Gasteiger partial charge in [-0.2, -0.15) is 0 Å². The third kappa shape index (κ3) is 2.25. The fourth-order valence-corrected chi connectivity index (χ4v) is 1.12. The van der Waals surface area contributed by atoms with Crippen LogP contribution in [0.1, 0.15) is 13.3 Å². The topological polar surface area (TPSA) is 24.5 Å². The van der Waals surface area contributed by atoms with Crippen LogP contribution < -0.4 is 5.43 Å². The smallest absolute Gasteiger partial charge is 0.0611 e. The summed E-state index contributed by atoms with van der Waals surface area (Å²) in [5.41, 5.74) is 3.12. The van der Waals surface area contributed by atoms with Crippen LogP contribution in [0.15, 0.2) is 0 Å². The van der Waals surface area contributed by atoms with Crippen molar-refractivity contribution in [1.82, 2.24) is 10.4 Å². The molecule has 1 fully saturated rings. The van der Waals surface area contributed by atoms with Crippen molar-refractivity contribution in [2.45, 2.75) is 19.4 Å². The van der Waals surface area contributed by atoms with E-state index < -0.39 is 0 Å². The summed E-state index contributed by atoms with van der Waals surface area (Å²) in [5, 5.41) is 2.18. The van der Waals surface area contributed by atoms with Gasteiger partial charge in [-0.15, -0.1) is 0 Å². The second-order valence-electron chi connectivity index (χ2n) is 2.68. The molecule has 0 aromatic carbocycles. The molecule has 1 N–H and O–H groups in total. The van der Waals surface area contributed by atoms with Crippen molar-refractivity contribution in [3.63, 3.8) is 0 Å². The number of nitrogens with one attached hydrogen (secondary N) is 1. The van der Waals surface area contributed by atoms with Crippen LogP contribution in [-0.4, -0.2) is 37.9 Å². The summed E-state index contributed by atoms with van der Waals surface area (Å²) in [4.78, 5) is 0. The van der Waals surface area contributed by atoms with Crippen molar-refractivity contribution in [1.29, 1.82) is 0 Å². The van der Waals surface area contributed by atoms with E-state index >= 15 is 0 Å². The third-order valence-electron chi connectivity index (χ3n) is 1.89. The van der Waals surface area contributed by atoms with E-state index in [2.05, 4.69) is 17.4 Å². The Morgan fingerprint density at radius 2 is 2.30 bits per heavy atom. The molecule has 0 aliphatic carbocycles. The zero-order chi connectivity index (χ0) is 7.40. The van der Waals surface area contributed by atoms with E-state index in [0.29, 0.717) is 6.10 Å². The highest BCUT2D eigenvalue weighted by Crippen LogP contribution is 2.02. The second-order valence-corrected chi connectivity index (χ2v) is 2.68. The molecule has 0 aromatic heterocycles. The molecule has 0 spiro atoms. The summed E-state index contributed by atoms with van der Waals surface area (Å²) in [7, 11) is 1.95. The molecule has 0 amide bonds. The summed E-state index contributed by atoms with van der Waals surface area (Å²) in [6.45, 7) is 5.07. The van der Waals surface area contributed by atoms with E-state index in [-0.39, 0.29) is 0 Å². The summed E-state index contributed by atoms with van der Waals surface area (Å²) in [5.74, 6) is 0. The quantitative estimate of drug-likeness (QED) is 0.570. The first-order chi connectivity index (χ1) is 4.83. The normalized spacial score (nSPS) is 30.0. The lowest BCUT2D eigenvalue weighted by Gasteiger charge is -2.16. The molecule has 3 nitrogen and oxygen atoms in total. The van der Waals surface area contributed by atoms with Crippen LogP contribution in [0.3, 0.4) is 0 Å². The molecule has 0 bridgehead atoms. The van der Waals surface area contributed by atoms with Gasteiger partial charge in [-0.05, 0) is 20.4 Å². The van der Waals surface area contributed by atoms with Gasteiger partial charge >= 0.3 is 0 Å². The standard InChI is InChI=1S/C7H16N2O/c1-7-3-4-9(8-2)5-6-10-7/h7-8H,3-6H2,1-2H3. The minimum absolute atomic E-state index is 0.429. The van der Waals surface area contributed by atoms with Crippen LogP contribution in [0, 0.1) is 0 Å². The van der Waals surface area contributed by atoms with Gasteiger partial charge in [0.1, 0.15) is 0 Å². The minimum Gasteiger partial charge on any atom is -0.377 e. The molecule has 0 aromatic rings. The van der Waals surface area contributed by atoms with E-state index in [9.17, 15) is 0 Å². The molecule has 1 atom stereocenters. The Balaban J connectivity index is 2.26. The number of rotatable bonds is 1. The molecule has 60 valence electrons. The minimum atomic E-state index is 0.429. The van der Waals surface area contributed by atoms with E-state index in [0.717, 1.165) is 26.1 Å². The van der Waals surface area contributed by atoms with Gasteiger partial charge in [0.2, 0.25) is 0 Å². The Hall–Kier alpha value is -0.120. The van der Waals surface area contributed by atoms with Gasteiger partial charge in [-0.1, -0.05) is 0 Å². The SMILES string of the molecule is CNN1CCOC(C)CC1. The average molecular weight is 144 g/mol. The molecule has 1 saturated heterocycles. The lowest BCUT2D eigenvalue weighted by Crippen LogP contribution is -2.36. The van der Waals surface area contributed by atoms with Crippen LogP contribution in [0.25, 0.3) is 0 Å². The molecule has 1 aliphatic heterocycles. The zero-order valence-corrected chi connectivity index (χ0v) is 6.76. The number of hydrogen-bond donors (Lipinski definition) is 1. The summed E-state index contributed by atoms with van der Waals surface area (Å²) in [6.07, 6.45) is 1.55. The molecular formula is C7H16N2O. The highest BCUT2D eigenvalue weighted by Gasteiger charge is 2.11. The van der Waals surface area contributed by atoms with Crippen LogP contribution in [0.5, 0.6) is 0 Å². The van der Waals surface area contributed by atoms with E-state index in [1.165, 1.54) is 0 Å².